The van der Waals surface area contributed by atoms with E-state index in [2.05, 4.69) is 37.1 Å². The van der Waals surface area contributed by atoms with Gasteiger partial charge in [0.25, 0.3) is 5.91 Å². The van der Waals surface area contributed by atoms with Gasteiger partial charge in [-0.25, -0.2) is 22.2 Å². The van der Waals surface area contributed by atoms with Gasteiger partial charge in [-0.3, -0.25) is 14.7 Å². The van der Waals surface area contributed by atoms with Gasteiger partial charge in [0, 0.05) is 68.0 Å². The summed E-state index contributed by atoms with van der Waals surface area (Å²) in [6, 6.07) is 11.3. The molecule has 2 fully saturated rings. The van der Waals surface area contributed by atoms with Gasteiger partial charge in [-0.15, -0.1) is 0 Å². The number of carbonyl (C=O) groups is 1. The Bertz CT molecular complexity index is 1760. The monoisotopic (exact) mass is 541 g/mol. The lowest BCUT2D eigenvalue weighted by Gasteiger charge is -2.59. The zero-order valence-corrected chi connectivity index (χ0v) is 22.4. The van der Waals surface area contributed by atoms with Crippen molar-refractivity contribution >= 4 is 27.3 Å². The van der Waals surface area contributed by atoms with Crippen LogP contribution in [0.3, 0.4) is 0 Å². The Labute approximate surface area is 226 Å². The molecule has 0 atom stereocenters. The molecule has 0 saturated carbocycles. The fraction of sp³-hybridized carbons (Fsp3) is 0.286. The second-order valence-corrected chi connectivity index (χ2v) is 12.4. The lowest BCUT2D eigenvalue weighted by atomic mass is 9.74. The van der Waals surface area contributed by atoms with E-state index in [0.717, 1.165) is 25.2 Å². The summed E-state index contributed by atoms with van der Waals surface area (Å²) < 4.78 is 26.5. The van der Waals surface area contributed by atoms with Crippen LogP contribution in [0.15, 0.2) is 61.2 Å². The summed E-state index contributed by atoms with van der Waals surface area (Å²) in [6.45, 7) is 5.86. The van der Waals surface area contributed by atoms with Gasteiger partial charge in [-0.05, 0) is 54.3 Å². The number of nitrogens with one attached hydrogen (secondary N) is 1. The lowest BCUT2D eigenvalue weighted by molar-refractivity contribution is -0.0845. The van der Waals surface area contributed by atoms with Crippen LogP contribution in [0.25, 0.3) is 5.65 Å². The van der Waals surface area contributed by atoms with Crippen LogP contribution in [-0.2, 0) is 16.6 Å². The number of likely N-dealkylation sites (tertiary alicyclic amines) is 1. The van der Waals surface area contributed by atoms with Crippen molar-refractivity contribution in [2.75, 3.05) is 37.8 Å². The minimum absolute atomic E-state index is 0.113. The normalized spacial score (nSPS) is 16.8. The molecule has 1 N–H and O–H groups in total. The summed E-state index contributed by atoms with van der Waals surface area (Å²) in [5.74, 6) is 5.82. The Morgan fingerprint density at radius 1 is 1.08 bits per heavy atom. The van der Waals surface area contributed by atoms with Crippen molar-refractivity contribution in [1.82, 2.24) is 28.8 Å². The molecular weight excluding hydrogens is 514 g/mol. The first kappa shape index (κ1) is 25.2. The average molecular weight is 542 g/mol. The van der Waals surface area contributed by atoms with Gasteiger partial charge in [0.05, 0.1) is 18.0 Å². The van der Waals surface area contributed by atoms with Crippen LogP contribution < -0.4 is 5.32 Å². The average Bonchev–Trinajstić information content (AvgIpc) is 3.27. The summed E-state index contributed by atoms with van der Waals surface area (Å²) in [7, 11) is -3.09. The highest BCUT2D eigenvalue weighted by molar-refractivity contribution is 7.88. The number of anilines is 1. The van der Waals surface area contributed by atoms with Crippen molar-refractivity contribution in [2.24, 2.45) is 5.41 Å². The Morgan fingerprint density at radius 2 is 1.90 bits per heavy atom. The summed E-state index contributed by atoms with van der Waals surface area (Å²) >= 11 is 0. The third-order valence-corrected chi connectivity index (χ3v) is 8.41. The maximum atomic E-state index is 12.9. The van der Waals surface area contributed by atoms with Crippen molar-refractivity contribution in [1.29, 1.82) is 0 Å². The van der Waals surface area contributed by atoms with Crippen LogP contribution in [0, 0.1) is 24.2 Å². The molecule has 0 aliphatic carbocycles. The predicted molar refractivity (Wildman–Crippen MR) is 146 cm³/mol. The molecule has 198 valence electrons. The summed E-state index contributed by atoms with van der Waals surface area (Å²) in [5.41, 5.74) is 5.46. The highest BCUT2D eigenvalue weighted by atomic mass is 32.2. The third kappa shape index (κ3) is 5.14. The molecular formula is C28H27N7O3S. The number of nitrogens with zero attached hydrogens (tertiary/aromatic N) is 6. The second kappa shape index (κ2) is 9.57. The zero-order chi connectivity index (χ0) is 27.2. The fourth-order valence-corrected chi connectivity index (χ4v) is 6.25. The number of benzene rings is 1. The molecule has 3 aromatic heterocycles. The van der Waals surface area contributed by atoms with Gasteiger partial charge in [-0.1, -0.05) is 12.0 Å². The number of imidazole rings is 1. The summed E-state index contributed by atoms with van der Waals surface area (Å²) in [5, 5.41) is 7.21. The molecule has 6 rings (SSSR count). The Kier molecular flexibility index (Phi) is 6.18. The van der Waals surface area contributed by atoms with E-state index in [1.165, 1.54) is 18.0 Å². The molecule has 5 heterocycles. The number of sulfonamides is 1. The largest absolute Gasteiger partial charge is 0.322 e. The molecule has 0 bridgehead atoms. The minimum atomic E-state index is -3.09. The minimum Gasteiger partial charge on any atom is -0.322 e. The van der Waals surface area contributed by atoms with Crippen LogP contribution in [0.5, 0.6) is 0 Å². The Balaban J connectivity index is 1.07. The van der Waals surface area contributed by atoms with E-state index < -0.39 is 10.0 Å². The highest BCUT2D eigenvalue weighted by Crippen LogP contribution is 2.41. The molecule has 1 amide bonds. The van der Waals surface area contributed by atoms with Gasteiger partial charge < -0.3 is 5.32 Å². The number of carbonyl (C=O) groups excluding carboxylic acids is 1. The maximum absolute atomic E-state index is 12.9. The highest BCUT2D eigenvalue weighted by Gasteiger charge is 2.53. The smallest absolute Gasteiger partial charge is 0.257 e. The number of hydrogen-bond acceptors (Lipinski definition) is 7. The van der Waals surface area contributed by atoms with Crippen LogP contribution in [0.1, 0.15) is 32.7 Å². The number of fused-ring (bicyclic) bond motifs is 1. The van der Waals surface area contributed by atoms with Crippen LogP contribution in [-0.4, -0.2) is 75.5 Å². The Hall–Kier alpha value is -4.11. The van der Waals surface area contributed by atoms with E-state index in [4.69, 9.17) is 0 Å². The van der Waals surface area contributed by atoms with Gasteiger partial charge in [0.1, 0.15) is 5.69 Å². The van der Waals surface area contributed by atoms with Crippen molar-refractivity contribution in [2.45, 2.75) is 13.5 Å². The van der Waals surface area contributed by atoms with Gasteiger partial charge in [-0.2, -0.15) is 5.10 Å². The van der Waals surface area contributed by atoms with E-state index >= 15 is 0 Å². The summed E-state index contributed by atoms with van der Waals surface area (Å²) in [4.78, 5) is 23.7. The number of hydrogen-bond donors (Lipinski definition) is 1. The molecule has 2 aliphatic heterocycles. The maximum Gasteiger partial charge on any atom is 0.257 e. The topological polar surface area (TPSA) is 113 Å². The van der Waals surface area contributed by atoms with Crippen LogP contribution >= 0.6 is 0 Å². The van der Waals surface area contributed by atoms with Crippen LogP contribution in [0.4, 0.5) is 5.69 Å². The van der Waals surface area contributed by atoms with Crippen LogP contribution in [0.2, 0.25) is 0 Å². The first-order valence-corrected chi connectivity index (χ1v) is 14.4. The van der Waals surface area contributed by atoms with Gasteiger partial charge in [0.15, 0.2) is 5.65 Å². The van der Waals surface area contributed by atoms with Gasteiger partial charge in [0.2, 0.25) is 10.0 Å². The molecule has 2 aliphatic rings. The first-order valence-electron chi connectivity index (χ1n) is 12.5. The summed E-state index contributed by atoms with van der Waals surface area (Å²) in [6.07, 6.45) is 7.73. The molecule has 0 unspecified atom stereocenters. The van der Waals surface area contributed by atoms with E-state index in [-0.39, 0.29) is 11.3 Å². The molecule has 2 saturated heterocycles. The first-order chi connectivity index (χ1) is 18.7. The predicted octanol–water partition coefficient (Wildman–Crippen LogP) is 2.16. The van der Waals surface area contributed by atoms with E-state index in [0.29, 0.717) is 41.2 Å². The molecule has 0 radical (unpaired) electrons. The number of aromatic nitrogens is 4. The molecule has 1 spiro atoms. The number of amides is 1. The number of aryl methyl sites for hydroxylation is 1. The van der Waals surface area contributed by atoms with E-state index in [9.17, 15) is 13.2 Å². The molecule has 39 heavy (non-hydrogen) atoms. The van der Waals surface area contributed by atoms with Gasteiger partial charge >= 0.3 is 0 Å². The number of rotatable bonds is 5. The molecule has 10 nitrogen and oxygen atoms in total. The van der Waals surface area contributed by atoms with Crippen molar-refractivity contribution in [3.63, 3.8) is 0 Å². The molecule has 1 aromatic carbocycles. The van der Waals surface area contributed by atoms with E-state index in [1.807, 2.05) is 37.3 Å². The zero-order valence-electron chi connectivity index (χ0n) is 21.6. The van der Waals surface area contributed by atoms with Crippen molar-refractivity contribution in [3.05, 3.63) is 89.1 Å². The van der Waals surface area contributed by atoms with Crippen molar-refractivity contribution in [3.8, 4) is 11.8 Å². The second-order valence-electron chi connectivity index (χ2n) is 10.4. The molecule has 11 heteroatoms. The van der Waals surface area contributed by atoms with Crippen molar-refractivity contribution < 1.29 is 13.2 Å². The fourth-order valence-electron chi connectivity index (χ4n) is 5.23. The third-order valence-electron chi connectivity index (χ3n) is 7.22. The quantitative estimate of drug-likeness (QED) is 0.385. The standard InChI is InChI=1S/C28H27N7O3S/c1-20-10-24(7-6-22(20)15-33-16-28(17-33)18-34(19-28)39(2,37)38)32-27(36)23-11-21(12-29-13-23)5-8-25-14-30-26-4-3-9-31-35(25)26/h3-4,6-7,9-14H,15-19H2,1-2H3,(H,32,36). The van der Waals surface area contributed by atoms with E-state index in [1.54, 1.807) is 33.5 Å². The Morgan fingerprint density at radius 3 is 2.67 bits per heavy atom. The SMILES string of the molecule is Cc1cc(NC(=O)c2cncc(C#Cc3cnc4cccnn34)c2)ccc1CN1CC2(C1)CN(S(C)(=O)=O)C2. The molecule has 4 aromatic rings. The lowest BCUT2D eigenvalue weighted by Crippen LogP contribution is -2.72. The number of pyridine rings is 1.